The van der Waals surface area contributed by atoms with Gasteiger partial charge in [0.2, 0.25) is 0 Å². The SMILES string of the molecule is Cc1cc2c(NCc3cccc([N+](=O)[O-])c3)nc(CCC(=O)C=O)nc2s1. The number of fused-ring (bicyclic) bond motifs is 1. The maximum Gasteiger partial charge on any atom is 0.269 e. The van der Waals surface area contributed by atoms with Crippen LogP contribution in [0.25, 0.3) is 10.2 Å². The second-order valence-corrected chi connectivity index (χ2v) is 7.16. The Labute approximate surface area is 158 Å². The van der Waals surface area contributed by atoms with E-state index in [1.165, 1.54) is 23.5 Å². The van der Waals surface area contributed by atoms with Crippen LogP contribution >= 0.6 is 11.3 Å². The molecule has 0 spiro atoms. The number of aryl methyl sites for hydroxylation is 2. The van der Waals surface area contributed by atoms with Crippen LogP contribution in [0.3, 0.4) is 0 Å². The van der Waals surface area contributed by atoms with E-state index in [1.807, 2.05) is 13.0 Å². The van der Waals surface area contributed by atoms with Gasteiger partial charge in [0.15, 0.2) is 12.1 Å². The van der Waals surface area contributed by atoms with Gasteiger partial charge in [-0.2, -0.15) is 0 Å². The van der Waals surface area contributed by atoms with Crippen molar-refractivity contribution in [3.63, 3.8) is 0 Å². The third kappa shape index (κ3) is 4.50. The summed E-state index contributed by atoms with van der Waals surface area (Å²) in [4.78, 5) is 43.0. The van der Waals surface area contributed by atoms with E-state index in [-0.39, 0.29) is 18.5 Å². The first kappa shape index (κ1) is 18.6. The van der Waals surface area contributed by atoms with Gasteiger partial charge >= 0.3 is 0 Å². The fourth-order valence-corrected chi connectivity index (χ4v) is 3.49. The Hall–Kier alpha value is -3.20. The summed E-state index contributed by atoms with van der Waals surface area (Å²) in [5.74, 6) is 0.581. The van der Waals surface area contributed by atoms with Gasteiger partial charge in [-0.3, -0.25) is 19.7 Å². The summed E-state index contributed by atoms with van der Waals surface area (Å²) in [6.07, 6.45) is 0.634. The number of non-ortho nitro benzene ring substituents is 1. The molecule has 0 amide bonds. The van der Waals surface area contributed by atoms with E-state index in [0.29, 0.717) is 24.5 Å². The lowest BCUT2D eigenvalue weighted by atomic mass is 10.2. The molecule has 2 heterocycles. The summed E-state index contributed by atoms with van der Waals surface area (Å²) in [5, 5.41) is 15.0. The molecule has 0 atom stereocenters. The summed E-state index contributed by atoms with van der Waals surface area (Å²) in [7, 11) is 0. The maximum absolute atomic E-state index is 11.2. The Bertz CT molecular complexity index is 1030. The number of nitro groups is 1. The van der Waals surface area contributed by atoms with Crippen molar-refractivity contribution < 1.29 is 14.5 Å². The lowest BCUT2D eigenvalue weighted by molar-refractivity contribution is -0.384. The van der Waals surface area contributed by atoms with Gasteiger partial charge in [-0.05, 0) is 18.6 Å². The molecule has 0 aliphatic carbocycles. The molecule has 27 heavy (non-hydrogen) atoms. The fourth-order valence-electron chi connectivity index (χ4n) is 2.59. The summed E-state index contributed by atoms with van der Waals surface area (Å²) < 4.78 is 0. The molecule has 1 aromatic carbocycles. The second kappa shape index (κ2) is 8.00. The molecular formula is C18H16N4O4S. The van der Waals surface area contributed by atoms with E-state index >= 15 is 0 Å². The average molecular weight is 384 g/mol. The van der Waals surface area contributed by atoms with E-state index in [9.17, 15) is 19.7 Å². The minimum Gasteiger partial charge on any atom is -0.365 e. The fraction of sp³-hybridized carbons (Fsp3) is 0.222. The average Bonchev–Trinajstić information content (AvgIpc) is 3.04. The summed E-state index contributed by atoms with van der Waals surface area (Å²) in [6.45, 7) is 2.32. The van der Waals surface area contributed by atoms with Crippen LogP contribution in [0.4, 0.5) is 11.5 Å². The van der Waals surface area contributed by atoms with Gasteiger partial charge < -0.3 is 5.32 Å². The number of rotatable bonds is 8. The lowest BCUT2D eigenvalue weighted by Gasteiger charge is -2.09. The third-order valence-electron chi connectivity index (χ3n) is 3.87. The molecule has 1 N–H and O–H groups in total. The number of ketones is 1. The first-order valence-electron chi connectivity index (χ1n) is 8.18. The molecule has 0 radical (unpaired) electrons. The standard InChI is InChI=1S/C18H16N4O4S/c1-11-7-15-17(19-9-12-3-2-4-13(8-12)22(25)26)20-16(21-18(15)27-11)6-5-14(24)10-23/h2-4,7-8,10H,5-6,9H2,1H3,(H,19,20,21). The van der Waals surface area contributed by atoms with Crippen LogP contribution in [-0.2, 0) is 22.6 Å². The highest BCUT2D eigenvalue weighted by atomic mass is 32.1. The molecule has 3 rings (SSSR count). The highest BCUT2D eigenvalue weighted by Crippen LogP contribution is 2.29. The summed E-state index contributed by atoms with van der Waals surface area (Å²) in [5.41, 5.74) is 0.780. The van der Waals surface area contributed by atoms with Crippen molar-refractivity contribution in [2.24, 2.45) is 0 Å². The van der Waals surface area contributed by atoms with Crippen molar-refractivity contribution in [2.45, 2.75) is 26.3 Å². The number of carbonyl (C=O) groups is 2. The number of aldehydes is 1. The first-order valence-corrected chi connectivity index (χ1v) is 9.00. The van der Waals surface area contributed by atoms with Crippen LogP contribution < -0.4 is 5.32 Å². The van der Waals surface area contributed by atoms with Gasteiger partial charge in [-0.25, -0.2) is 9.97 Å². The summed E-state index contributed by atoms with van der Waals surface area (Å²) in [6, 6.07) is 8.34. The molecule has 9 heteroatoms. The highest BCUT2D eigenvalue weighted by molar-refractivity contribution is 7.18. The van der Waals surface area contributed by atoms with E-state index in [1.54, 1.807) is 12.1 Å². The molecule has 0 bridgehead atoms. The predicted octanol–water partition coefficient (Wildman–Crippen LogP) is 3.22. The van der Waals surface area contributed by atoms with Gasteiger partial charge in [-0.15, -0.1) is 11.3 Å². The van der Waals surface area contributed by atoms with Crippen molar-refractivity contribution in [1.82, 2.24) is 9.97 Å². The van der Waals surface area contributed by atoms with Gasteiger partial charge in [0.05, 0.1) is 10.3 Å². The molecule has 0 saturated carbocycles. The predicted molar refractivity (Wildman–Crippen MR) is 102 cm³/mol. The number of nitro benzene ring substituents is 1. The largest absolute Gasteiger partial charge is 0.365 e. The van der Waals surface area contributed by atoms with Crippen LogP contribution in [-0.4, -0.2) is 27.0 Å². The molecule has 3 aromatic rings. The molecule has 0 aliphatic rings. The molecule has 138 valence electrons. The van der Waals surface area contributed by atoms with Gasteiger partial charge in [0.1, 0.15) is 16.5 Å². The smallest absolute Gasteiger partial charge is 0.269 e. The lowest BCUT2D eigenvalue weighted by Crippen LogP contribution is -2.07. The Morgan fingerprint density at radius 1 is 1.33 bits per heavy atom. The quantitative estimate of drug-likeness (QED) is 0.274. The summed E-state index contributed by atoms with van der Waals surface area (Å²) >= 11 is 1.51. The molecule has 8 nitrogen and oxygen atoms in total. The molecular weight excluding hydrogens is 368 g/mol. The Morgan fingerprint density at radius 3 is 2.89 bits per heavy atom. The van der Waals surface area contributed by atoms with E-state index in [2.05, 4.69) is 15.3 Å². The normalized spacial score (nSPS) is 10.7. The Balaban J connectivity index is 1.85. The van der Waals surface area contributed by atoms with E-state index in [0.717, 1.165) is 20.7 Å². The van der Waals surface area contributed by atoms with Gasteiger partial charge in [-0.1, -0.05) is 12.1 Å². The van der Waals surface area contributed by atoms with Crippen LogP contribution in [0.2, 0.25) is 0 Å². The number of hydrogen-bond donors (Lipinski definition) is 1. The molecule has 2 aromatic heterocycles. The number of hydrogen-bond acceptors (Lipinski definition) is 8. The minimum atomic E-state index is -0.493. The van der Waals surface area contributed by atoms with Crippen molar-refractivity contribution in [2.75, 3.05) is 5.32 Å². The zero-order valence-corrected chi connectivity index (χ0v) is 15.3. The Kier molecular flexibility index (Phi) is 5.51. The number of anilines is 1. The van der Waals surface area contributed by atoms with Crippen molar-refractivity contribution >= 4 is 45.1 Å². The number of aromatic nitrogens is 2. The Morgan fingerprint density at radius 2 is 2.15 bits per heavy atom. The molecule has 0 saturated heterocycles. The van der Waals surface area contributed by atoms with E-state index in [4.69, 9.17) is 0 Å². The van der Waals surface area contributed by atoms with Gasteiger partial charge in [0, 0.05) is 36.4 Å². The maximum atomic E-state index is 11.2. The minimum absolute atomic E-state index is 0.0292. The first-order chi connectivity index (χ1) is 13.0. The highest BCUT2D eigenvalue weighted by Gasteiger charge is 2.12. The van der Waals surface area contributed by atoms with Crippen LogP contribution in [0, 0.1) is 17.0 Å². The topological polar surface area (TPSA) is 115 Å². The monoisotopic (exact) mass is 384 g/mol. The zero-order valence-electron chi connectivity index (χ0n) is 14.5. The van der Waals surface area contributed by atoms with Crippen LogP contribution in [0.15, 0.2) is 30.3 Å². The van der Waals surface area contributed by atoms with Crippen LogP contribution in [0.5, 0.6) is 0 Å². The number of carbonyl (C=O) groups excluding carboxylic acids is 2. The van der Waals surface area contributed by atoms with Crippen molar-refractivity contribution in [3.05, 3.63) is 56.7 Å². The van der Waals surface area contributed by atoms with Gasteiger partial charge in [0.25, 0.3) is 5.69 Å². The van der Waals surface area contributed by atoms with Crippen molar-refractivity contribution in [3.8, 4) is 0 Å². The number of thiophene rings is 1. The van der Waals surface area contributed by atoms with E-state index < -0.39 is 10.7 Å². The molecule has 0 unspecified atom stereocenters. The third-order valence-corrected chi connectivity index (χ3v) is 4.81. The second-order valence-electron chi connectivity index (χ2n) is 5.93. The number of nitrogens with zero attached hydrogens (tertiary/aromatic N) is 3. The van der Waals surface area contributed by atoms with Crippen LogP contribution in [0.1, 0.15) is 22.7 Å². The number of nitrogens with one attached hydrogen (secondary N) is 1. The van der Waals surface area contributed by atoms with Crippen molar-refractivity contribution in [1.29, 1.82) is 0 Å². The molecule has 0 aliphatic heterocycles. The number of benzene rings is 1. The molecule has 0 fully saturated rings. The zero-order chi connectivity index (χ0) is 19.4. The number of Topliss-reactive ketones (excluding diaryl/α,β-unsaturated/α-hetero) is 1.